The van der Waals surface area contributed by atoms with Gasteiger partial charge in [-0.15, -0.1) is 0 Å². The number of rotatable bonds is 2. The summed E-state index contributed by atoms with van der Waals surface area (Å²) in [4.78, 5) is 2.65. The van der Waals surface area contributed by atoms with Crippen LogP contribution in [-0.2, 0) is 0 Å². The molecule has 0 aliphatic carbocycles. The van der Waals surface area contributed by atoms with Crippen molar-refractivity contribution in [1.82, 2.24) is 10.2 Å². The fourth-order valence-corrected chi connectivity index (χ4v) is 3.78. The maximum absolute atomic E-state index is 3.68. The van der Waals surface area contributed by atoms with Crippen LogP contribution < -0.4 is 5.32 Å². The Morgan fingerprint density at radius 1 is 1.40 bits per heavy atom. The molecule has 3 unspecified atom stereocenters. The summed E-state index contributed by atoms with van der Waals surface area (Å²) in [7, 11) is 0. The highest BCUT2D eigenvalue weighted by molar-refractivity contribution is 7.99. The number of nitrogens with zero attached hydrogens (tertiary/aromatic N) is 1. The molecule has 0 amide bonds. The summed E-state index contributed by atoms with van der Waals surface area (Å²) in [6, 6.07) is 0.744. The van der Waals surface area contributed by atoms with Gasteiger partial charge in [0.05, 0.1) is 0 Å². The minimum atomic E-state index is 0.744. The van der Waals surface area contributed by atoms with E-state index in [1.54, 1.807) is 0 Å². The molecule has 2 aliphatic rings. The Bertz CT molecular complexity index is 198. The molecule has 0 aromatic heterocycles. The standard InChI is InChI=1S/C12H24N2S/c1-10-4-3-5-13-12(10)9-14-6-7-15-11(2)8-14/h10-13H,3-9H2,1-2H3. The van der Waals surface area contributed by atoms with Crippen LogP contribution in [0.1, 0.15) is 26.7 Å². The van der Waals surface area contributed by atoms with Gasteiger partial charge in [-0.25, -0.2) is 0 Å². The zero-order valence-electron chi connectivity index (χ0n) is 10.0. The van der Waals surface area contributed by atoms with E-state index in [0.717, 1.165) is 17.2 Å². The average Bonchev–Trinajstić information content (AvgIpc) is 2.22. The van der Waals surface area contributed by atoms with Crippen molar-refractivity contribution in [2.24, 2.45) is 5.92 Å². The molecule has 0 bridgehead atoms. The molecular formula is C12H24N2S. The average molecular weight is 228 g/mol. The largest absolute Gasteiger partial charge is 0.312 e. The topological polar surface area (TPSA) is 15.3 Å². The Kier molecular flexibility index (Phi) is 4.35. The summed E-state index contributed by atoms with van der Waals surface area (Å²) in [5, 5.41) is 4.51. The lowest BCUT2D eigenvalue weighted by Gasteiger charge is -2.37. The molecule has 2 nitrogen and oxygen atoms in total. The van der Waals surface area contributed by atoms with Crippen LogP contribution in [0.4, 0.5) is 0 Å². The maximum Gasteiger partial charge on any atom is 0.0220 e. The molecule has 0 saturated carbocycles. The lowest BCUT2D eigenvalue weighted by Crippen LogP contribution is -2.50. The highest BCUT2D eigenvalue weighted by atomic mass is 32.2. The van der Waals surface area contributed by atoms with Crippen molar-refractivity contribution in [2.75, 3.05) is 31.9 Å². The van der Waals surface area contributed by atoms with Gasteiger partial charge in [0, 0.05) is 36.7 Å². The van der Waals surface area contributed by atoms with E-state index in [9.17, 15) is 0 Å². The van der Waals surface area contributed by atoms with E-state index in [4.69, 9.17) is 0 Å². The zero-order chi connectivity index (χ0) is 10.7. The van der Waals surface area contributed by atoms with E-state index in [1.807, 2.05) is 0 Å². The van der Waals surface area contributed by atoms with Crippen LogP contribution in [0.2, 0.25) is 0 Å². The summed E-state index contributed by atoms with van der Waals surface area (Å²) >= 11 is 2.12. The molecule has 88 valence electrons. The molecule has 0 radical (unpaired) electrons. The second-order valence-corrected chi connectivity index (χ2v) is 6.67. The molecule has 2 rings (SSSR count). The van der Waals surface area contributed by atoms with Crippen molar-refractivity contribution in [1.29, 1.82) is 0 Å². The third-order valence-electron chi connectivity index (χ3n) is 3.71. The van der Waals surface area contributed by atoms with E-state index in [1.165, 1.54) is 44.8 Å². The summed E-state index contributed by atoms with van der Waals surface area (Å²) in [6.07, 6.45) is 2.78. The van der Waals surface area contributed by atoms with Crippen LogP contribution in [0.5, 0.6) is 0 Å². The predicted molar refractivity (Wildman–Crippen MR) is 68.5 cm³/mol. The number of nitrogens with one attached hydrogen (secondary N) is 1. The van der Waals surface area contributed by atoms with Gasteiger partial charge >= 0.3 is 0 Å². The summed E-state index contributed by atoms with van der Waals surface area (Å²) in [5.74, 6) is 2.19. The van der Waals surface area contributed by atoms with E-state index < -0.39 is 0 Å². The molecule has 2 saturated heterocycles. The van der Waals surface area contributed by atoms with E-state index in [0.29, 0.717) is 0 Å². The molecule has 0 aromatic carbocycles. The van der Waals surface area contributed by atoms with Gasteiger partial charge in [-0.2, -0.15) is 11.8 Å². The Hall–Kier alpha value is 0.270. The lowest BCUT2D eigenvalue weighted by molar-refractivity contribution is 0.196. The maximum atomic E-state index is 3.68. The highest BCUT2D eigenvalue weighted by Crippen LogP contribution is 2.21. The van der Waals surface area contributed by atoms with Crippen LogP contribution >= 0.6 is 11.8 Å². The van der Waals surface area contributed by atoms with E-state index in [2.05, 4.69) is 35.8 Å². The Morgan fingerprint density at radius 2 is 2.27 bits per heavy atom. The Labute approximate surface area is 98.2 Å². The van der Waals surface area contributed by atoms with Gasteiger partial charge in [0.2, 0.25) is 0 Å². The van der Waals surface area contributed by atoms with Gasteiger partial charge in [-0.1, -0.05) is 13.8 Å². The third-order valence-corrected chi connectivity index (χ3v) is 4.85. The Balaban J connectivity index is 1.79. The minimum absolute atomic E-state index is 0.744. The van der Waals surface area contributed by atoms with Crippen LogP contribution in [0.15, 0.2) is 0 Å². The van der Waals surface area contributed by atoms with Crippen molar-refractivity contribution in [3.8, 4) is 0 Å². The van der Waals surface area contributed by atoms with Crippen molar-refractivity contribution in [3.63, 3.8) is 0 Å². The highest BCUT2D eigenvalue weighted by Gasteiger charge is 2.25. The van der Waals surface area contributed by atoms with E-state index >= 15 is 0 Å². The van der Waals surface area contributed by atoms with Crippen LogP contribution in [0.3, 0.4) is 0 Å². The molecule has 3 heteroatoms. The number of piperidine rings is 1. The van der Waals surface area contributed by atoms with Gasteiger partial charge in [0.1, 0.15) is 0 Å². The lowest BCUT2D eigenvalue weighted by atomic mass is 9.92. The summed E-state index contributed by atoms with van der Waals surface area (Å²) < 4.78 is 0. The first-order valence-electron chi connectivity index (χ1n) is 6.33. The smallest absolute Gasteiger partial charge is 0.0220 e. The second kappa shape index (κ2) is 5.55. The van der Waals surface area contributed by atoms with Gasteiger partial charge in [0.15, 0.2) is 0 Å². The fourth-order valence-electron chi connectivity index (χ4n) is 2.69. The molecule has 3 atom stereocenters. The van der Waals surface area contributed by atoms with Gasteiger partial charge in [-0.3, -0.25) is 4.90 Å². The normalized spacial score (nSPS) is 39.2. The molecule has 1 N–H and O–H groups in total. The van der Waals surface area contributed by atoms with Gasteiger partial charge in [0.25, 0.3) is 0 Å². The number of hydrogen-bond acceptors (Lipinski definition) is 3. The molecule has 2 aliphatic heterocycles. The molecular weight excluding hydrogens is 204 g/mol. The van der Waals surface area contributed by atoms with Crippen LogP contribution in [-0.4, -0.2) is 48.1 Å². The SMILES string of the molecule is CC1CN(CC2NCCCC2C)CCS1. The quantitative estimate of drug-likeness (QED) is 0.776. The monoisotopic (exact) mass is 228 g/mol. The molecule has 15 heavy (non-hydrogen) atoms. The van der Waals surface area contributed by atoms with Gasteiger partial charge in [-0.05, 0) is 25.3 Å². The van der Waals surface area contributed by atoms with Crippen LogP contribution in [0, 0.1) is 5.92 Å². The van der Waals surface area contributed by atoms with Crippen molar-refractivity contribution in [2.45, 2.75) is 38.0 Å². The molecule has 0 spiro atoms. The first-order valence-corrected chi connectivity index (χ1v) is 7.38. The van der Waals surface area contributed by atoms with Crippen molar-refractivity contribution >= 4 is 11.8 Å². The molecule has 0 aromatic rings. The number of hydrogen-bond donors (Lipinski definition) is 1. The third kappa shape index (κ3) is 3.36. The Morgan fingerprint density at radius 3 is 3.00 bits per heavy atom. The van der Waals surface area contributed by atoms with Gasteiger partial charge < -0.3 is 5.32 Å². The molecule has 2 fully saturated rings. The van der Waals surface area contributed by atoms with Crippen LogP contribution in [0.25, 0.3) is 0 Å². The second-order valence-electron chi connectivity index (χ2n) is 5.12. The summed E-state index contributed by atoms with van der Waals surface area (Å²) in [5.41, 5.74) is 0. The zero-order valence-corrected chi connectivity index (χ0v) is 10.9. The summed E-state index contributed by atoms with van der Waals surface area (Å²) in [6.45, 7) is 9.84. The minimum Gasteiger partial charge on any atom is -0.312 e. The fraction of sp³-hybridized carbons (Fsp3) is 1.00. The number of thioether (sulfide) groups is 1. The molecule has 2 heterocycles. The first-order chi connectivity index (χ1) is 7.25. The first kappa shape index (κ1) is 11.7. The predicted octanol–water partition coefficient (Wildman–Crippen LogP) is 1.81. The van der Waals surface area contributed by atoms with E-state index in [-0.39, 0.29) is 0 Å². The van der Waals surface area contributed by atoms with Crippen molar-refractivity contribution < 1.29 is 0 Å². The van der Waals surface area contributed by atoms with Crippen molar-refractivity contribution in [3.05, 3.63) is 0 Å².